The van der Waals surface area contributed by atoms with Crippen molar-refractivity contribution in [3.05, 3.63) is 0 Å². The molecule has 0 rings (SSSR count). The molecule has 1 unspecified atom stereocenters. The number of rotatable bonds is 3. The van der Waals surface area contributed by atoms with Crippen LogP contribution in [0.2, 0.25) is 0 Å². The number of hydrogen-bond donors (Lipinski definition) is 1. The van der Waals surface area contributed by atoms with Crippen molar-refractivity contribution in [1.29, 1.82) is 0 Å². The van der Waals surface area contributed by atoms with Crippen LogP contribution < -0.4 is 5.73 Å². The van der Waals surface area contributed by atoms with Crippen LogP contribution >= 0.6 is 0 Å². The highest BCUT2D eigenvalue weighted by atomic mass is 19.1. The summed E-state index contributed by atoms with van der Waals surface area (Å²) in [5.74, 6) is -0.850. The molecule has 0 saturated heterocycles. The molecule has 2 N–H and O–H groups in total. The summed E-state index contributed by atoms with van der Waals surface area (Å²) in [4.78, 5) is 10.9. The Morgan fingerprint density at radius 3 is 1.92 bits per heavy atom. The Morgan fingerprint density at radius 2 is 1.83 bits per heavy atom. The average molecular weight is 175 g/mol. The van der Waals surface area contributed by atoms with E-state index in [2.05, 4.69) is 0 Å². The molecule has 0 bridgehead atoms. The summed E-state index contributed by atoms with van der Waals surface area (Å²) in [6, 6.07) is 0. The second kappa shape index (κ2) is 3.42. The molecule has 0 spiro atoms. The van der Waals surface area contributed by atoms with Crippen LogP contribution in [0.1, 0.15) is 40.5 Å². The molecule has 72 valence electrons. The van der Waals surface area contributed by atoms with Gasteiger partial charge in [-0.2, -0.15) is 0 Å². The van der Waals surface area contributed by atoms with Crippen molar-refractivity contribution in [2.24, 2.45) is 11.1 Å². The maximum Gasteiger partial charge on any atom is 0.255 e. The number of amides is 1. The topological polar surface area (TPSA) is 43.1 Å². The van der Waals surface area contributed by atoms with E-state index in [1.165, 1.54) is 0 Å². The highest BCUT2D eigenvalue weighted by molar-refractivity contribution is 5.84. The van der Waals surface area contributed by atoms with Crippen molar-refractivity contribution in [1.82, 2.24) is 0 Å². The Hall–Kier alpha value is -0.600. The number of carbonyl (C=O) groups is 1. The fourth-order valence-electron chi connectivity index (χ4n) is 1.21. The third-order valence-electron chi connectivity index (χ3n) is 2.17. The van der Waals surface area contributed by atoms with Gasteiger partial charge in [-0.15, -0.1) is 0 Å². The van der Waals surface area contributed by atoms with Gasteiger partial charge in [-0.25, -0.2) is 4.39 Å². The Bertz CT molecular complexity index is 174. The van der Waals surface area contributed by atoms with Crippen LogP contribution in [0.3, 0.4) is 0 Å². The molecule has 12 heavy (non-hydrogen) atoms. The second-order valence-corrected chi connectivity index (χ2v) is 4.17. The van der Waals surface area contributed by atoms with Crippen molar-refractivity contribution >= 4 is 5.91 Å². The van der Waals surface area contributed by atoms with Crippen molar-refractivity contribution < 1.29 is 9.18 Å². The number of primary amides is 1. The van der Waals surface area contributed by atoms with Gasteiger partial charge in [-0.1, -0.05) is 34.1 Å². The monoisotopic (exact) mass is 175 g/mol. The fraction of sp³-hybridized carbons (Fsp3) is 0.889. The molecule has 2 nitrogen and oxygen atoms in total. The van der Waals surface area contributed by atoms with Gasteiger partial charge >= 0.3 is 0 Å². The van der Waals surface area contributed by atoms with Crippen LogP contribution in [0.4, 0.5) is 4.39 Å². The fourth-order valence-corrected chi connectivity index (χ4v) is 1.21. The molecular formula is C9H18FNO. The first-order valence-corrected chi connectivity index (χ1v) is 4.24. The molecule has 0 aromatic carbocycles. The lowest BCUT2D eigenvalue weighted by atomic mass is 9.75. The molecule has 0 radical (unpaired) electrons. The van der Waals surface area contributed by atoms with E-state index >= 15 is 0 Å². The lowest BCUT2D eigenvalue weighted by Crippen LogP contribution is -2.49. The van der Waals surface area contributed by atoms with E-state index in [9.17, 15) is 9.18 Å². The van der Waals surface area contributed by atoms with Crippen LogP contribution in [0.25, 0.3) is 0 Å². The van der Waals surface area contributed by atoms with E-state index in [4.69, 9.17) is 5.73 Å². The molecule has 0 aliphatic carbocycles. The van der Waals surface area contributed by atoms with Crippen molar-refractivity contribution in [2.75, 3.05) is 0 Å². The maximum absolute atomic E-state index is 13.9. The highest BCUT2D eigenvalue weighted by Crippen LogP contribution is 2.37. The smallest absolute Gasteiger partial charge is 0.255 e. The molecule has 0 heterocycles. The van der Waals surface area contributed by atoms with E-state index in [0.29, 0.717) is 6.42 Å². The zero-order valence-electron chi connectivity index (χ0n) is 8.28. The zero-order valence-corrected chi connectivity index (χ0v) is 8.28. The van der Waals surface area contributed by atoms with E-state index < -0.39 is 17.0 Å². The first-order chi connectivity index (χ1) is 5.25. The average Bonchev–Trinajstić information content (AvgIpc) is 1.85. The van der Waals surface area contributed by atoms with Gasteiger partial charge in [0.25, 0.3) is 5.91 Å². The lowest BCUT2D eigenvalue weighted by molar-refractivity contribution is -0.137. The van der Waals surface area contributed by atoms with Crippen LogP contribution in [0.5, 0.6) is 0 Å². The summed E-state index contributed by atoms with van der Waals surface area (Å²) in [5.41, 5.74) is 2.44. The SMILES string of the molecule is CCCC(F)(C(N)=O)C(C)(C)C. The minimum Gasteiger partial charge on any atom is -0.367 e. The predicted molar refractivity (Wildman–Crippen MR) is 47.4 cm³/mol. The molecule has 1 amide bonds. The molecule has 0 saturated carbocycles. The van der Waals surface area contributed by atoms with Crippen LogP contribution in [-0.4, -0.2) is 11.6 Å². The number of halogens is 1. The number of alkyl halides is 1. The lowest BCUT2D eigenvalue weighted by Gasteiger charge is -2.34. The van der Waals surface area contributed by atoms with Gasteiger partial charge in [0.15, 0.2) is 5.67 Å². The van der Waals surface area contributed by atoms with E-state index in [-0.39, 0.29) is 6.42 Å². The Kier molecular flexibility index (Phi) is 3.25. The van der Waals surface area contributed by atoms with Gasteiger partial charge in [-0.3, -0.25) is 4.79 Å². The van der Waals surface area contributed by atoms with E-state index in [1.807, 2.05) is 6.92 Å². The molecule has 0 aromatic rings. The molecular weight excluding hydrogens is 157 g/mol. The largest absolute Gasteiger partial charge is 0.367 e. The first kappa shape index (κ1) is 11.4. The quantitative estimate of drug-likeness (QED) is 0.700. The van der Waals surface area contributed by atoms with E-state index in [1.54, 1.807) is 20.8 Å². The predicted octanol–water partition coefficient (Wildman–Crippen LogP) is 2.03. The van der Waals surface area contributed by atoms with Gasteiger partial charge in [0.1, 0.15) is 0 Å². The number of nitrogens with two attached hydrogens (primary N) is 1. The molecule has 3 heteroatoms. The molecule has 0 fully saturated rings. The summed E-state index contributed by atoms with van der Waals surface area (Å²) in [6.45, 7) is 6.90. The van der Waals surface area contributed by atoms with Gasteiger partial charge < -0.3 is 5.73 Å². The molecule has 0 aromatic heterocycles. The van der Waals surface area contributed by atoms with Gasteiger partial charge in [0, 0.05) is 5.41 Å². The van der Waals surface area contributed by atoms with Crippen molar-refractivity contribution in [2.45, 2.75) is 46.2 Å². The minimum absolute atomic E-state index is 0.200. The summed E-state index contributed by atoms with van der Waals surface area (Å²) in [6.07, 6.45) is 0.822. The second-order valence-electron chi connectivity index (χ2n) is 4.17. The Morgan fingerprint density at radius 1 is 1.42 bits per heavy atom. The minimum atomic E-state index is -1.87. The summed E-state index contributed by atoms with van der Waals surface area (Å²) < 4.78 is 13.9. The first-order valence-electron chi connectivity index (χ1n) is 4.24. The van der Waals surface area contributed by atoms with Crippen molar-refractivity contribution in [3.8, 4) is 0 Å². The van der Waals surface area contributed by atoms with Gasteiger partial charge in [0.05, 0.1) is 0 Å². The molecule has 0 aliphatic heterocycles. The van der Waals surface area contributed by atoms with Crippen molar-refractivity contribution in [3.63, 3.8) is 0 Å². The normalized spacial score (nSPS) is 17.1. The Labute approximate surface area is 73.3 Å². The summed E-state index contributed by atoms with van der Waals surface area (Å²) in [5, 5.41) is 0. The molecule has 0 aliphatic rings. The highest BCUT2D eigenvalue weighted by Gasteiger charge is 2.46. The third-order valence-corrected chi connectivity index (χ3v) is 2.17. The third kappa shape index (κ3) is 1.96. The van der Waals surface area contributed by atoms with Crippen LogP contribution in [0.15, 0.2) is 0 Å². The van der Waals surface area contributed by atoms with E-state index in [0.717, 1.165) is 0 Å². The summed E-state index contributed by atoms with van der Waals surface area (Å²) >= 11 is 0. The molecule has 1 atom stereocenters. The number of hydrogen-bond acceptors (Lipinski definition) is 1. The van der Waals surface area contributed by atoms with Gasteiger partial charge in [0.2, 0.25) is 0 Å². The van der Waals surface area contributed by atoms with Gasteiger partial charge in [-0.05, 0) is 6.42 Å². The zero-order chi connectivity index (χ0) is 9.99. The Balaban J connectivity index is 4.75. The van der Waals surface area contributed by atoms with Crippen LogP contribution in [-0.2, 0) is 4.79 Å². The maximum atomic E-state index is 13.9. The number of carbonyl (C=O) groups excluding carboxylic acids is 1. The standard InChI is InChI=1S/C9H18FNO/c1-5-6-9(10,7(11)12)8(2,3)4/h5-6H2,1-4H3,(H2,11,12). The van der Waals surface area contributed by atoms with Crippen LogP contribution in [0, 0.1) is 5.41 Å². The summed E-state index contributed by atoms with van der Waals surface area (Å²) in [7, 11) is 0.